The molecule has 242 valence electrons. The zero-order valence-electron chi connectivity index (χ0n) is 27.0. The number of halogens is 1. The summed E-state index contributed by atoms with van der Waals surface area (Å²) in [6, 6.07) is 20.1. The summed E-state index contributed by atoms with van der Waals surface area (Å²) >= 11 is 3.60. The normalized spacial score (nSPS) is 11.7. The molecule has 9 nitrogen and oxygen atoms in total. The van der Waals surface area contributed by atoms with E-state index in [1.54, 1.807) is 7.05 Å². The molecule has 0 saturated carbocycles. The van der Waals surface area contributed by atoms with Gasteiger partial charge in [-0.2, -0.15) is 5.10 Å². The number of aromatic carboxylic acids is 1. The third kappa shape index (κ3) is 7.07. The molecule has 1 N–H and O–H groups in total. The van der Waals surface area contributed by atoms with Gasteiger partial charge in [0.2, 0.25) is 0 Å². The zero-order chi connectivity index (χ0) is 33.0. The maximum absolute atomic E-state index is 13.0. The maximum Gasteiger partial charge on any atom is 0.410 e. The van der Waals surface area contributed by atoms with Crippen molar-refractivity contribution >= 4 is 49.7 Å². The minimum Gasteiger partial charge on any atom is -0.493 e. The van der Waals surface area contributed by atoms with Crippen molar-refractivity contribution in [2.75, 3.05) is 20.2 Å². The lowest BCUT2D eigenvalue weighted by atomic mass is 10.00. The second-order valence-corrected chi connectivity index (χ2v) is 13.0. The van der Waals surface area contributed by atoms with Crippen LogP contribution < -0.4 is 4.74 Å². The molecule has 0 unspecified atom stereocenters. The molecule has 0 fully saturated rings. The topological polar surface area (TPSA) is 98.8 Å². The third-order valence-corrected chi connectivity index (χ3v) is 8.56. The van der Waals surface area contributed by atoms with Crippen molar-refractivity contribution in [3.05, 3.63) is 83.8 Å². The van der Waals surface area contributed by atoms with Gasteiger partial charge in [-0.05, 0) is 57.0 Å². The number of alkyl halides is 1. The van der Waals surface area contributed by atoms with E-state index < -0.39 is 17.7 Å². The Bertz CT molecular complexity index is 1860. The molecule has 5 aromatic rings. The van der Waals surface area contributed by atoms with Gasteiger partial charge >= 0.3 is 12.1 Å². The quantitative estimate of drug-likeness (QED) is 0.105. The molecule has 2 heterocycles. The lowest BCUT2D eigenvalue weighted by Crippen LogP contribution is -2.35. The van der Waals surface area contributed by atoms with Crippen molar-refractivity contribution in [1.29, 1.82) is 0 Å². The first-order valence-corrected chi connectivity index (χ1v) is 16.6. The Kier molecular flexibility index (Phi) is 10.1. The smallest absolute Gasteiger partial charge is 0.410 e. The van der Waals surface area contributed by atoms with Gasteiger partial charge in [-0.25, -0.2) is 9.59 Å². The number of aryl methyl sites for hydroxylation is 3. The number of fused-ring (bicyclic) bond motifs is 2. The molecule has 0 aliphatic carbocycles. The lowest BCUT2D eigenvalue weighted by molar-refractivity contribution is 0.0294. The number of carboxylic acid groups (broad SMARTS) is 1. The van der Waals surface area contributed by atoms with Crippen molar-refractivity contribution in [2.45, 2.75) is 57.5 Å². The van der Waals surface area contributed by atoms with Gasteiger partial charge in [0.1, 0.15) is 17.0 Å². The Balaban J connectivity index is 1.48. The number of para-hydroxylation sites is 1. The van der Waals surface area contributed by atoms with Crippen LogP contribution in [-0.4, -0.2) is 62.2 Å². The molecular weight excluding hydrogens is 648 g/mol. The number of hydrogen-bond acceptors (Lipinski definition) is 5. The monoisotopic (exact) mass is 688 g/mol. The predicted molar refractivity (Wildman–Crippen MR) is 185 cm³/mol. The molecule has 3 aromatic carbocycles. The van der Waals surface area contributed by atoms with Crippen molar-refractivity contribution < 1.29 is 24.2 Å². The SMILES string of the molecule is CN(CCCn1c(C(=O)O)c(CCCOc2cccc3ccccc23)c2cccc(-c3cnn(C)c3CBr)c21)C(=O)OC(C)(C)C. The summed E-state index contributed by atoms with van der Waals surface area (Å²) in [6.07, 6.45) is 3.12. The fourth-order valence-electron chi connectivity index (χ4n) is 5.91. The minimum absolute atomic E-state index is 0.261. The van der Waals surface area contributed by atoms with Gasteiger partial charge in [0.25, 0.3) is 0 Å². The van der Waals surface area contributed by atoms with Crippen LogP contribution in [0.2, 0.25) is 0 Å². The molecule has 46 heavy (non-hydrogen) atoms. The first kappa shape index (κ1) is 33.1. The Hall–Kier alpha value is -4.31. The number of ether oxygens (including phenoxy) is 2. The van der Waals surface area contributed by atoms with E-state index >= 15 is 0 Å². The summed E-state index contributed by atoms with van der Waals surface area (Å²) in [4.78, 5) is 27.1. The van der Waals surface area contributed by atoms with Crippen LogP contribution in [0.15, 0.2) is 66.9 Å². The van der Waals surface area contributed by atoms with Crippen LogP contribution >= 0.6 is 15.9 Å². The van der Waals surface area contributed by atoms with Crippen molar-refractivity contribution in [1.82, 2.24) is 19.2 Å². The molecule has 0 spiro atoms. The molecule has 0 aliphatic rings. The number of rotatable bonds is 12. The van der Waals surface area contributed by atoms with Crippen molar-refractivity contribution in [3.63, 3.8) is 0 Å². The van der Waals surface area contributed by atoms with E-state index in [1.807, 2.05) is 91.8 Å². The average molecular weight is 690 g/mol. The number of carbonyl (C=O) groups is 2. The van der Waals surface area contributed by atoms with E-state index in [4.69, 9.17) is 9.47 Å². The summed E-state index contributed by atoms with van der Waals surface area (Å²) in [7, 11) is 3.60. The Morgan fingerprint density at radius 3 is 2.43 bits per heavy atom. The minimum atomic E-state index is -0.987. The number of benzene rings is 3. The average Bonchev–Trinajstić information content (AvgIpc) is 3.55. The number of nitrogens with zero attached hydrogens (tertiary/aromatic N) is 4. The van der Waals surface area contributed by atoms with Gasteiger partial charge < -0.3 is 24.0 Å². The van der Waals surface area contributed by atoms with Crippen LogP contribution in [0.3, 0.4) is 0 Å². The van der Waals surface area contributed by atoms with Crippen LogP contribution in [0, 0.1) is 0 Å². The maximum atomic E-state index is 13.0. The van der Waals surface area contributed by atoms with Gasteiger partial charge in [-0.1, -0.05) is 70.5 Å². The van der Waals surface area contributed by atoms with Crippen LogP contribution in [0.5, 0.6) is 5.75 Å². The molecule has 0 radical (unpaired) electrons. The van der Waals surface area contributed by atoms with Crippen molar-refractivity contribution in [2.24, 2.45) is 7.05 Å². The molecule has 0 bridgehead atoms. The second kappa shape index (κ2) is 14.0. The fourth-order valence-corrected chi connectivity index (χ4v) is 6.58. The number of carboxylic acids is 1. The van der Waals surface area contributed by atoms with E-state index in [-0.39, 0.29) is 5.69 Å². The summed E-state index contributed by atoms with van der Waals surface area (Å²) in [5.41, 5.74) is 4.13. The highest BCUT2D eigenvalue weighted by Crippen LogP contribution is 2.37. The van der Waals surface area contributed by atoms with Crippen LogP contribution in [0.1, 0.15) is 55.4 Å². The highest BCUT2D eigenvalue weighted by atomic mass is 79.9. The molecule has 0 saturated heterocycles. The molecule has 2 aromatic heterocycles. The van der Waals surface area contributed by atoms with Gasteiger partial charge in [0.15, 0.2) is 0 Å². The number of amides is 1. The van der Waals surface area contributed by atoms with E-state index in [0.29, 0.717) is 44.3 Å². The van der Waals surface area contributed by atoms with E-state index in [2.05, 4.69) is 33.2 Å². The van der Waals surface area contributed by atoms with Crippen LogP contribution in [0.4, 0.5) is 4.79 Å². The zero-order valence-corrected chi connectivity index (χ0v) is 28.6. The molecule has 1 amide bonds. The van der Waals surface area contributed by atoms with Crippen LogP contribution in [0.25, 0.3) is 32.8 Å². The van der Waals surface area contributed by atoms with E-state index in [9.17, 15) is 14.7 Å². The first-order chi connectivity index (χ1) is 22.0. The van der Waals surface area contributed by atoms with E-state index in [0.717, 1.165) is 49.8 Å². The second-order valence-electron chi connectivity index (χ2n) is 12.4. The van der Waals surface area contributed by atoms with Gasteiger partial charge in [-0.15, -0.1) is 0 Å². The van der Waals surface area contributed by atoms with Gasteiger partial charge in [0.05, 0.1) is 24.0 Å². The molecule has 5 rings (SSSR count). The molecule has 10 heteroatoms. The van der Waals surface area contributed by atoms with Gasteiger partial charge in [-0.3, -0.25) is 4.68 Å². The summed E-state index contributed by atoms with van der Waals surface area (Å²) < 4.78 is 15.5. The Morgan fingerprint density at radius 1 is 0.978 bits per heavy atom. The molecule has 0 atom stereocenters. The van der Waals surface area contributed by atoms with Crippen molar-refractivity contribution in [3.8, 4) is 16.9 Å². The Labute approximate surface area is 277 Å². The summed E-state index contributed by atoms with van der Waals surface area (Å²) in [6.45, 7) is 6.75. The number of aromatic nitrogens is 3. The molecule has 0 aliphatic heterocycles. The predicted octanol–water partition coefficient (Wildman–Crippen LogP) is 8.06. The van der Waals surface area contributed by atoms with Crippen LogP contribution in [-0.2, 0) is 30.1 Å². The summed E-state index contributed by atoms with van der Waals surface area (Å²) in [5, 5.41) is 18.8. The van der Waals surface area contributed by atoms with Gasteiger partial charge in [0, 0.05) is 54.4 Å². The highest BCUT2D eigenvalue weighted by molar-refractivity contribution is 9.08. The lowest BCUT2D eigenvalue weighted by Gasteiger charge is -2.24. The third-order valence-electron chi connectivity index (χ3n) is 8.03. The number of carbonyl (C=O) groups excluding carboxylic acids is 1. The Morgan fingerprint density at radius 2 is 1.70 bits per heavy atom. The standard InChI is InChI=1S/C36H41BrN4O5/c1-36(2,3)46-35(44)39(4)19-11-20-41-32-26(15-9-16-28(32)29-23-38-40(5)30(29)22-37)27(33(41)34(42)43)17-10-21-45-31-18-8-13-24-12-6-7-14-25(24)31/h6-9,12-16,18,23H,10-11,17,19-22H2,1-5H3,(H,42,43). The number of hydrogen-bond donors (Lipinski definition) is 1. The highest BCUT2D eigenvalue weighted by Gasteiger charge is 2.26. The largest absolute Gasteiger partial charge is 0.493 e. The summed E-state index contributed by atoms with van der Waals surface area (Å²) in [5.74, 6) is -0.172. The fraction of sp³-hybridized carbons (Fsp3) is 0.361. The molecular formula is C36H41BrN4O5. The first-order valence-electron chi connectivity index (χ1n) is 15.5. The van der Waals surface area contributed by atoms with E-state index in [1.165, 1.54) is 4.90 Å².